The highest BCUT2D eigenvalue weighted by molar-refractivity contribution is 5.77. The lowest BCUT2D eigenvalue weighted by Gasteiger charge is -2.30. The number of benzene rings is 2. The van der Waals surface area contributed by atoms with E-state index in [1.165, 1.54) is 12.1 Å². The Morgan fingerprint density at radius 2 is 1.81 bits per heavy atom. The fraction of sp³-hybridized carbons (Fsp3) is 0.350. The number of hydrogen-bond donors (Lipinski definition) is 2. The third-order valence-electron chi connectivity index (χ3n) is 4.33. The molecular formula is C20H24FN3O2. The van der Waals surface area contributed by atoms with Crippen molar-refractivity contribution in [2.24, 2.45) is 0 Å². The normalized spacial score (nSPS) is 14.1. The maximum absolute atomic E-state index is 12.9. The van der Waals surface area contributed by atoms with E-state index in [9.17, 15) is 9.18 Å². The number of morpholine rings is 1. The van der Waals surface area contributed by atoms with Gasteiger partial charge in [0.05, 0.1) is 24.6 Å². The minimum atomic E-state index is -0.275. The van der Waals surface area contributed by atoms with Gasteiger partial charge in [0.25, 0.3) is 0 Å². The highest BCUT2D eigenvalue weighted by atomic mass is 19.1. The van der Waals surface area contributed by atoms with Crippen molar-refractivity contribution in [2.45, 2.75) is 13.0 Å². The molecule has 1 amide bonds. The number of ether oxygens (including phenoxy) is 1. The summed E-state index contributed by atoms with van der Waals surface area (Å²) in [4.78, 5) is 14.3. The van der Waals surface area contributed by atoms with E-state index in [1.807, 2.05) is 18.2 Å². The topological polar surface area (TPSA) is 53.6 Å². The second kappa shape index (κ2) is 9.20. The standard InChI is InChI=1S/C20H24FN3O2/c21-17-7-5-16(6-8-17)15-23-20(25)9-10-22-18-3-1-2-4-19(18)24-11-13-26-14-12-24/h1-8,22H,9-15H2,(H,23,25). The third-order valence-corrected chi connectivity index (χ3v) is 4.33. The van der Waals surface area contributed by atoms with Gasteiger partial charge in [-0.1, -0.05) is 24.3 Å². The first-order chi connectivity index (χ1) is 12.7. The zero-order valence-corrected chi connectivity index (χ0v) is 14.7. The van der Waals surface area contributed by atoms with E-state index in [0.29, 0.717) is 19.5 Å². The summed E-state index contributed by atoms with van der Waals surface area (Å²) < 4.78 is 18.3. The average molecular weight is 357 g/mol. The van der Waals surface area contributed by atoms with Crippen molar-refractivity contribution in [1.29, 1.82) is 0 Å². The molecule has 1 heterocycles. The van der Waals surface area contributed by atoms with Crippen LogP contribution in [-0.2, 0) is 16.1 Å². The van der Waals surface area contributed by atoms with Gasteiger partial charge in [-0.05, 0) is 29.8 Å². The predicted molar refractivity (Wildman–Crippen MR) is 101 cm³/mol. The molecule has 1 fully saturated rings. The fourth-order valence-corrected chi connectivity index (χ4v) is 2.91. The van der Waals surface area contributed by atoms with Crippen LogP contribution in [0.4, 0.5) is 15.8 Å². The lowest BCUT2D eigenvalue weighted by molar-refractivity contribution is -0.121. The largest absolute Gasteiger partial charge is 0.383 e. The van der Waals surface area contributed by atoms with Crippen LogP contribution in [0.3, 0.4) is 0 Å². The average Bonchev–Trinajstić information content (AvgIpc) is 2.69. The van der Waals surface area contributed by atoms with E-state index in [-0.39, 0.29) is 11.7 Å². The van der Waals surface area contributed by atoms with E-state index in [2.05, 4.69) is 21.6 Å². The molecule has 0 aromatic heterocycles. The number of nitrogens with one attached hydrogen (secondary N) is 2. The molecular weight excluding hydrogens is 333 g/mol. The number of rotatable bonds is 7. The Balaban J connectivity index is 1.45. The molecule has 0 atom stereocenters. The van der Waals surface area contributed by atoms with Gasteiger partial charge in [0.1, 0.15) is 5.82 Å². The first-order valence-corrected chi connectivity index (χ1v) is 8.89. The van der Waals surface area contributed by atoms with Gasteiger partial charge in [0, 0.05) is 32.6 Å². The van der Waals surface area contributed by atoms with Crippen molar-refractivity contribution in [1.82, 2.24) is 5.32 Å². The molecule has 0 radical (unpaired) electrons. The molecule has 2 aromatic rings. The zero-order valence-electron chi connectivity index (χ0n) is 14.7. The SMILES string of the molecule is O=C(CCNc1ccccc1N1CCOCC1)NCc1ccc(F)cc1. The summed E-state index contributed by atoms with van der Waals surface area (Å²) >= 11 is 0. The molecule has 2 aromatic carbocycles. The maximum atomic E-state index is 12.9. The molecule has 26 heavy (non-hydrogen) atoms. The van der Waals surface area contributed by atoms with Crippen molar-refractivity contribution >= 4 is 17.3 Å². The van der Waals surface area contributed by atoms with E-state index in [1.54, 1.807) is 12.1 Å². The summed E-state index contributed by atoms with van der Waals surface area (Å²) in [6, 6.07) is 14.3. The Kier molecular flexibility index (Phi) is 6.44. The lowest BCUT2D eigenvalue weighted by atomic mass is 10.2. The van der Waals surface area contributed by atoms with Gasteiger partial charge in [0.2, 0.25) is 5.91 Å². The van der Waals surface area contributed by atoms with Crippen LogP contribution in [-0.4, -0.2) is 38.8 Å². The molecule has 6 heteroatoms. The van der Waals surface area contributed by atoms with Crippen LogP contribution >= 0.6 is 0 Å². The van der Waals surface area contributed by atoms with Gasteiger partial charge >= 0.3 is 0 Å². The Morgan fingerprint density at radius 1 is 1.08 bits per heavy atom. The molecule has 3 rings (SSSR count). The minimum Gasteiger partial charge on any atom is -0.383 e. The number of anilines is 2. The van der Waals surface area contributed by atoms with Gasteiger partial charge in [-0.25, -0.2) is 4.39 Å². The molecule has 138 valence electrons. The fourth-order valence-electron chi connectivity index (χ4n) is 2.91. The summed E-state index contributed by atoms with van der Waals surface area (Å²) in [5, 5.41) is 6.21. The van der Waals surface area contributed by atoms with Crippen LogP contribution in [0.25, 0.3) is 0 Å². The monoisotopic (exact) mass is 357 g/mol. The highest BCUT2D eigenvalue weighted by Crippen LogP contribution is 2.26. The minimum absolute atomic E-state index is 0.0364. The second-order valence-corrected chi connectivity index (χ2v) is 6.20. The summed E-state index contributed by atoms with van der Waals surface area (Å²) in [5.41, 5.74) is 3.05. The Labute approximate surface area is 153 Å². The van der Waals surface area contributed by atoms with Crippen molar-refractivity contribution < 1.29 is 13.9 Å². The van der Waals surface area contributed by atoms with Gasteiger partial charge in [-0.2, -0.15) is 0 Å². The number of para-hydroxylation sites is 2. The van der Waals surface area contributed by atoms with Crippen LogP contribution in [0.5, 0.6) is 0 Å². The van der Waals surface area contributed by atoms with E-state index >= 15 is 0 Å². The van der Waals surface area contributed by atoms with E-state index in [0.717, 1.165) is 43.2 Å². The van der Waals surface area contributed by atoms with Gasteiger partial charge in [-0.3, -0.25) is 4.79 Å². The number of nitrogens with zero attached hydrogens (tertiary/aromatic N) is 1. The molecule has 1 aliphatic heterocycles. The molecule has 0 unspecified atom stereocenters. The third kappa shape index (κ3) is 5.20. The first-order valence-electron chi connectivity index (χ1n) is 8.89. The molecule has 0 saturated carbocycles. The maximum Gasteiger partial charge on any atom is 0.222 e. The van der Waals surface area contributed by atoms with Crippen molar-refractivity contribution in [3.8, 4) is 0 Å². The summed E-state index contributed by atoms with van der Waals surface area (Å²) in [6.45, 7) is 4.17. The molecule has 0 bridgehead atoms. The Morgan fingerprint density at radius 3 is 2.58 bits per heavy atom. The number of amides is 1. The number of hydrogen-bond acceptors (Lipinski definition) is 4. The summed E-state index contributed by atoms with van der Waals surface area (Å²) in [7, 11) is 0. The smallest absolute Gasteiger partial charge is 0.222 e. The predicted octanol–water partition coefficient (Wildman–Crippen LogP) is 2.78. The van der Waals surface area contributed by atoms with Crippen molar-refractivity contribution in [3.05, 3.63) is 59.9 Å². The molecule has 0 aliphatic carbocycles. The Bertz CT molecular complexity index is 715. The van der Waals surface area contributed by atoms with E-state index in [4.69, 9.17) is 4.74 Å². The number of carbonyl (C=O) groups excluding carboxylic acids is 1. The number of carbonyl (C=O) groups is 1. The summed E-state index contributed by atoms with van der Waals surface area (Å²) in [5.74, 6) is -0.311. The summed E-state index contributed by atoms with van der Waals surface area (Å²) in [6.07, 6.45) is 0.374. The molecule has 1 aliphatic rings. The molecule has 2 N–H and O–H groups in total. The van der Waals surface area contributed by atoms with Gasteiger partial charge < -0.3 is 20.3 Å². The van der Waals surface area contributed by atoms with Crippen molar-refractivity contribution in [2.75, 3.05) is 43.1 Å². The Hall–Kier alpha value is -2.60. The lowest BCUT2D eigenvalue weighted by Crippen LogP contribution is -2.36. The van der Waals surface area contributed by atoms with Crippen LogP contribution in [0.15, 0.2) is 48.5 Å². The quantitative estimate of drug-likeness (QED) is 0.800. The van der Waals surface area contributed by atoms with Crippen LogP contribution in [0.2, 0.25) is 0 Å². The number of halogens is 1. The van der Waals surface area contributed by atoms with Gasteiger partial charge in [0.15, 0.2) is 0 Å². The van der Waals surface area contributed by atoms with Crippen LogP contribution < -0.4 is 15.5 Å². The zero-order chi connectivity index (χ0) is 18.2. The van der Waals surface area contributed by atoms with Crippen LogP contribution in [0, 0.1) is 5.82 Å². The highest BCUT2D eigenvalue weighted by Gasteiger charge is 2.14. The van der Waals surface area contributed by atoms with E-state index < -0.39 is 0 Å². The first kappa shape index (κ1) is 18.2. The van der Waals surface area contributed by atoms with Crippen LogP contribution in [0.1, 0.15) is 12.0 Å². The molecule has 0 spiro atoms. The second-order valence-electron chi connectivity index (χ2n) is 6.20. The van der Waals surface area contributed by atoms with Gasteiger partial charge in [-0.15, -0.1) is 0 Å². The molecule has 5 nitrogen and oxygen atoms in total. The molecule has 1 saturated heterocycles. The van der Waals surface area contributed by atoms with Crippen molar-refractivity contribution in [3.63, 3.8) is 0 Å².